The number of carbonyl (C=O) groups is 4. The third-order valence-electron chi connectivity index (χ3n) is 5.08. The maximum Gasteiger partial charge on any atom is 0.329 e. The van der Waals surface area contributed by atoms with Gasteiger partial charge in [0.05, 0.1) is 12.8 Å². The van der Waals surface area contributed by atoms with Crippen molar-refractivity contribution in [1.29, 1.82) is 0 Å². The zero-order valence-electron chi connectivity index (χ0n) is 19.8. The molecule has 3 aromatic rings. The Labute approximate surface area is 212 Å². The van der Waals surface area contributed by atoms with E-state index in [1.807, 2.05) is 19.9 Å². The molecule has 1 aromatic heterocycles. The van der Waals surface area contributed by atoms with E-state index < -0.39 is 23.6 Å². The summed E-state index contributed by atoms with van der Waals surface area (Å²) < 4.78 is 5.47. The van der Waals surface area contributed by atoms with E-state index in [9.17, 15) is 19.2 Å². The number of benzene rings is 2. The average molecular weight is 510 g/mol. The van der Waals surface area contributed by atoms with Crippen LogP contribution in [0.2, 0.25) is 5.02 Å². The molecule has 36 heavy (non-hydrogen) atoms. The van der Waals surface area contributed by atoms with E-state index in [0.717, 1.165) is 11.1 Å². The van der Waals surface area contributed by atoms with Crippen molar-refractivity contribution in [2.45, 2.75) is 27.3 Å². The summed E-state index contributed by atoms with van der Waals surface area (Å²) >= 11 is 5.87. The molecule has 0 saturated heterocycles. The van der Waals surface area contributed by atoms with Gasteiger partial charge in [-0.1, -0.05) is 17.7 Å². The van der Waals surface area contributed by atoms with Gasteiger partial charge in [-0.25, -0.2) is 5.43 Å². The molecule has 0 fully saturated rings. The third-order valence-corrected chi connectivity index (χ3v) is 5.31. The number of hydrogen-bond donors (Lipinski definition) is 4. The van der Waals surface area contributed by atoms with Crippen molar-refractivity contribution >= 4 is 52.8 Å². The Bertz CT molecular complexity index is 1350. The monoisotopic (exact) mass is 509 g/mol. The molecule has 0 atom stereocenters. The highest BCUT2D eigenvalue weighted by molar-refractivity contribution is 6.40. The average Bonchev–Trinajstić information content (AvgIpc) is 3.29. The fourth-order valence-corrected chi connectivity index (χ4v) is 3.19. The summed E-state index contributed by atoms with van der Waals surface area (Å²) in [6, 6.07) is 13.3. The van der Waals surface area contributed by atoms with Gasteiger partial charge in [0.25, 0.3) is 0 Å². The number of hydrazone groups is 1. The largest absolute Gasteiger partial charge is 0.458 e. The summed E-state index contributed by atoms with van der Waals surface area (Å²) in [5.74, 6) is -2.90. The van der Waals surface area contributed by atoms with Crippen molar-refractivity contribution in [2.75, 3.05) is 10.6 Å². The van der Waals surface area contributed by atoms with Gasteiger partial charge < -0.3 is 20.4 Å². The number of carbonyl (C=O) groups excluding carboxylic acids is 4. The first-order chi connectivity index (χ1) is 17.1. The van der Waals surface area contributed by atoms with Crippen LogP contribution in [0.4, 0.5) is 11.4 Å². The SMILES string of the molecule is Cc1ccc(NC(=O)C(=O)NCc2ccc(/C=N/NC(=O)C(=O)Nc3ccc(Cl)cc3C)o2)cc1C. The molecule has 0 aliphatic heterocycles. The summed E-state index contributed by atoms with van der Waals surface area (Å²) in [6.45, 7) is 5.56. The van der Waals surface area contributed by atoms with Gasteiger partial charge >= 0.3 is 23.6 Å². The van der Waals surface area contributed by atoms with Crippen LogP contribution in [0.15, 0.2) is 58.0 Å². The molecule has 0 spiro atoms. The highest BCUT2D eigenvalue weighted by Gasteiger charge is 2.15. The van der Waals surface area contributed by atoms with Gasteiger partial charge in [0.1, 0.15) is 11.5 Å². The van der Waals surface area contributed by atoms with Crippen molar-refractivity contribution in [3.8, 4) is 0 Å². The first-order valence-electron chi connectivity index (χ1n) is 10.8. The van der Waals surface area contributed by atoms with E-state index in [1.165, 1.54) is 6.21 Å². The molecule has 0 saturated carbocycles. The molecule has 0 unspecified atom stereocenters. The van der Waals surface area contributed by atoms with Crippen LogP contribution in [0.1, 0.15) is 28.2 Å². The van der Waals surface area contributed by atoms with E-state index >= 15 is 0 Å². The number of rotatable bonds is 6. The molecule has 4 amide bonds. The van der Waals surface area contributed by atoms with Crippen molar-refractivity contribution in [2.24, 2.45) is 5.10 Å². The van der Waals surface area contributed by atoms with Gasteiger partial charge in [-0.15, -0.1) is 0 Å². The second-order valence-electron chi connectivity index (χ2n) is 7.85. The van der Waals surface area contributed by atoms with Crippen molar-refractivity contribution < 1.29 is 23.6 Å². The lowest BCUT2D eigenvalue weighted by Gasteiger charge is -2.07. The zero-order valence-corrected chi connectivity index (χ0v) is 20.5. The molecule has 0 aliphatic rings. The Morgan fingerprint density at radius 1 is 0.833 bits per heavy atom. The van der Waals surface area contributed by atoms with Crippen LogP contribution in [0, 0.1) is 20.8 Å². The Kier molecular flexibility index (Phi) is 8.58. The molecule has 0 aliphatic carbocycles. The Morgan fingerprint density at radius 3 is 2.31 bits per heavy atom. The molecule has 4 N–H and O–H groups in total. The lowest BCUT2D eigenvalue weighted by molar-refractivity contribution is -0.136. The standard InChI is InChI=1S/C25H24ClN5O5/c1-14-4-6-18(11-15(14)2)29-23(33)22(32)27-12-19-7-8-20(36-19)13-28-31-25(35)24(34)30-21-9-5-17(26)10-16(21)3/h4-11,13H,12H2,1-3H3,(H,27,32)(H,29,33)(H,30,34)(H,31,35)/b28-13+. The number of nitrogens with one attached hydrogen (secondary N) is 4. The van der Waals surface area contributed by atoms with Crippen molar-refractivity contribution in [3.05, 3.63) is 81.8 Å². The molecule has 186 valence electrons. The zero-order chi connectivity index (χ0) is 26.2. The molecule has 10 nitrogen and oxygen atoms in total. The molecule has 3 rings (SSSR count). The molecule has 0 bridgehead atoms. The quantitative estimate of drug-likeness (QED) is 0.229. The summed E-state index contributed by atoms with van der Waals surface area (Å²) in [5, 5.41) is 11.7. The van der Waals surface area contributed by atoms with Crippen LogP contribution >= 0.6 is 11.6 Å². The number of aryl methyl sites for hydroxylation is 3. The van der Waals surface area contributed by atoms with Gasteiger partial charge in [0, 0.05) is 16.4 Å². The van der Waals surface area contributed by atoms with Crippen molar-refractivity contribution in [3.63, 3.8) is 0 Å². The summed E-state index contributed by atoms with van der Waals surface area (Å²) in [4.78, 5) is 48.1. The van der Waals surface area contributed by atoms with Crippen molar-refractivity contribution in [1.82, 2.24) is 10.7 Å². The van der Waals surface area contributed by atoms with Crippen LogP contribution in [0.3, 0.4) is 0 Å². The fourth-order valence-electron chi connectivity index (χ4n) is 2.97. The van der Waals surface area contributed by atoms with Crippen LogP contribution < -0.4 is 21.4 Å². The molecule has 1 heterocycles. The van der Waals surface area contributed by atoms with Crippen LogP contribution in [-0.4, -0.2) is 29.8 Å². The Balaban J connectivity index is 1.45. The van der Waals surface area contributed by atoms with Crippen LogP contribution in [0.25, 0.3) is 0 Å². The number of hydrogen-bond acceptors (Lipinski definition) is 6. The third kappa shape index (κ3) is 7.28. The normalized spacial score (nSPS) is 10.7. The molecule has 0 radical (unpaired) electrons. The summed E-state index contributed by atoms with van der Waals surface area (Å²) in [6.07, 6.45) is 1.19. The van der Waals surface area contributed by atoms with E-state index in [-0.39, 0.29) is 12.3 Å². The van der Waals surface area contributed by atoms with Crippen LogP contribution in [0.5, 0.6) is 0 Å². The minimum absolute atomic E-state index is 0.0395. The first-order valence-corrected chi connectivity index (χ1v) is 11.2. The maximum absolute atomic E-state index is 12.1. The van der Waals surface area contributed by atoms with Gasteiger partial charge in [0.15, 0.2) is 0 Å². The van der Waals surface area contributed by atoms with Gasteiger partial charge in [-0.3, -0.25) is 19.2 Å². The van der Waals surface area contributed by atoms with Gasteiger partial charge in [0.2, 0.25) is 0 Å². The summed E-state index contributed by atoms with van der Waals surface area (Å²) in [7, 11) is 0. The first kappa shape index (κ1) is 26.2. The minimum Gasteiger partial charge on any atom is -0.458 e. The predicted octanol–water partition coefficient (Wildman–Crippen LogP) is 3.20. The molecular formula is C25H24ClN5O5. The topological polar surface area (TPSA) is 142 Å². The number of halogens is 1. The smallest absolute Gasteiger partial charge is 0.329 e. The number of furan rings is 1. The van der Waals surface area contributed by atoms with E-state index in [0.29, 0.717) is 27.7 Å². The van der Waals surface area contributed by atoms with Gasteiger partial charge in [-0.05, 0) is 79.9 Å². The molecule has 2 aromatic carbocycles. The van der Waals surface area contributed by atoms with Crippen LogP contribution in [-0.2, 0) is 25.7 Å². The molecular weight excluding hydrogens is 486 g/mol. The second-order valence-corrected chi connectivity index (χ2v) is 8.29. The fraction of sp³-hybridized carbons (Fsp3) is 0.160. The second kappa shape index (κ2) is 11.8. The lowest BCUT2D eigenvalue weighted by Crippen LogP contribution is -2.34. The number of amides is 4. The lowest BCUT2D eigenvalue weighted by atomic mass is 10.1. The number of nitrogens with zero attached hydrogens (tertiary/aromatic N) is 1. The summed E-state index contributed by atoms with van der Waals surface area (Å²) in [5.41, 5.74) is 5.83. The minimum atomic E-state index is -0.977. The Morgan fingerprint density at radius 2 is 1.58 bits per heavy atom. The van der Waals surface area contributed by atoms with E-state index in [2.05, 4.69) is 26.5 Å². The van der Waals surface area contributed by atoms with E-state index in [4.69, 9.17) is 16.0 Å². The molecule has 11 heteroatoms. The van der Waals surface area contributed by atoms with E-state index in [1.54, 1.807) is 49.4 Å². The van der Waals surface area contributed by atoms with Gasteiger partial charge in [-0.2, -0.15) is 5.10 Å². The predicted molar refractivity (Wildman–Crippen MR) is 136 cm³/mol. The maximum atomic E-state index is 12.1. The highest BCUT2D eigenvalue weighted by atomic mass is 35.5. The highest BCUT2D eigenvalue weighted by Crippen LogP contribution is 2.19. The number of anilines is 2. The Hall–Kier alpha value is -4.44.